The van der Waals surface area contributed by atoms with E-state index < -0.39 is 11.6 Å². The van der Waals surface area contributed by atoms with Crippen molar-refractivity contribution in [3.63, 3.8) is 0 Å². The van der Waals surface area contributed by atoms with Gasteiger partial charge in [0.2, 0.25) is 11.6 Å². The van der Waals surface area contributed by atoms with E-state index in [1.807, 2.05) is 0 Å². The number of carbonyl (C=O) groups is 1. The summed E-state index contributed by atoms with van der Waals surface area (Å²) in [6.45, 7) is 0. The molecule has 4 heteroatoms. The molecule has 54 valence electrons. The summed E-state index contributed by atoms with van der Waals surface area (Å²) >= 11 is 0. The van der Waals surface area contributed by atoms with Crippen LogP contribution in [-0.2, 0) is 4.79 Å². The van der Waals surface area contributed by atoms with E-state index in [0.717, 1.165) is 18.2 Å². The molecule has 0 aliphatic heterocycles. The van der Waals surface area contributed by atoms with Crippen molar-refractivity contribution >= 4 is 5.78 Å². The van der Waals surface area contributed by atoms with Crippen molar-refractivity contribution in [3.05, 3.63) is 24.0 Å². The number of ketones is 1. The van der Waals surface area contributed by atoms with Crippen molar-refractivity contribution in [2.24, 2.45) is 0 Å². The molecule has 0 saturated heterocycles. The first-order valence-corrected chi connectivity index (χ1v) is 2.61. The van der Waals surface area contributed by atoms with Crippen LogP contribution in [0.25, 0.3) is 0 Å². The van der Waals surface area contributed by atoms with Crippen molar-refractivity contribution in [1.82, 2.24) is 0 Å². The lowest BCUT2D eigenvalue weighted by Gasteiger charge is -2.15. The fourth-order valence-electron chi connectivity index (χ4n) is 0.572. The summed E-state index contributed by atoms with van der Waals surface area (Å²) in [5, 5.41) is 26.1. The number of allylic oxidation sites excluding steroid dienone is 1. The number of aliphatic hydroxyl groups excluding tert-OH is 1. The van der Waals surface area contributed by atoms with Crippen LogP contribution in [0.5, 0.6) is 0 Å². The molecule has 4 nitrogen and oxygen atoms in total. The molecule has 10 heavy (non-hydrogen) atoms. The molecule has 0 amide bonds. The van der Waals surface area contributed by atoms with E-state index in [0.29, 0.717) is 0 Å². The molecule has 0 heterocycles. The van der Waals surface area contributed by atoms with Gasteiger partial charge in [-0.1, -0.05) is 0 Å². The van der Waals surface area contributed by atoms with Gasteiger partial charge >= 0.3 is 0 Å². The van der Waals surface area contributed by atoms with Crippen LogP contribution >= 0.6 is 0 Å². The van der Waals surface area contributed by atoms with Gasteiger partial charge in [0.1, 0.15) is 5.76 Å². The van der Waals surface area contributed by atoms with Gasteiger partial charge < -0.3 is 15.3 Å². The lowest BCUT2D eigenvalue weighted by atomic mass is 10.1. The maximum Gasteiger partial charge on any atom is 0.249 e. The predicted molar refractivity (Wildman–Crippen MR) is 32.0 cm³/mol. The monoisotopic (exact) mass is 142 g/mol. The Morgan fingerprint density at radius 2 is 2.00 bits per heavy atom. The first kappa shape index (κ1) is 6.98. The number of carbonyl (C=O) groups excluding carboxylic acids is 1. The molecule has 1 rings (SSSR count). The van der Waals surface area contributed by atoms with Gasteiger partial charge in [0, 0.05) is 6.08 Å². The van der Waals surface area contributed by atoms with Gasteiger partial charge in [-0.3, -0.25) is 4.79 Å². The fraction of sp³-hybridized carbons (Fsp3) is 0.167. The second kappa shape index (κ2) is 1.93. The van der Waals surface area contributed by atoms with Crippen LogP contribution in [0.15, 0.2) is 24.0 Å². The summed E-state index contributed by atoms with van der Waals surface area (Å²) in [6, 6.07) is 0. The van der Waals surface area contributed by atoms with Crippen molar-refractivity contribution in [3.8, 4) is 0 Å². The Morgan fingerprint density at radius 3 is 2.40 bits per heavy atom. The molecule has 0 aromatic rings. The smallest absolute Gasteiger partial charge is 0.249 e. The molecule has 0 atom stereocenters. The van der Waals surface area contributed by atoms with Gasteiger partial charge in [-0.2, -0.15) is 0 Å². The Hall–Kier alpha value is -1.13. The zero-order valence-corrected chi connectivity index (χ0v) is 4.98. The largest absolute Gasteiger partial charge is 0.508 e. The molecule has 0 aromatic carbocycles. The first-order valence-electron chi connectivity index (χ1n) is 2.61. The van der Waals surface area contributed by atoms with Crippen molar-refractivity contribution in [1.29, 1.82) is 0 Å². The Kier molecular flexibility index (Phi) is 1.35. The minimum absolute atomic E-state index is 0.274. The summed E-state index contributed by atoms with van der Waals surface area (Å²) < 4.78 is 0. The van der Waals surface area contributed by atoms with Crippen molar-refractivity contribution in [2.75, 3.05) is 0 Å². The SMILES string of the molecule is O=C1C=C(O)C=CC1(O)O. The highest BCUT2D eigenvalue weighted by Gasteiger charge is 2.30. The molecule has 3 N–H and O–H groups in total. The molecule has 1 aliphatic carbocycles. The number of rotatable bonds is 0. The van der Waals surface area contributed by atoms with Crippen molar-refractivity contribution in [2.45, 2.75) is 5.79 Å². The predicted octanol–water partition coefficient (Wildman–Crippen LogP) is -0.752. The van der Waals surface area contributed by atoms with E-state index in [4.69, 9.17) is 15.3 Å². The standard InChI is InChI=1S/C6H6O4/c7-4-1-2-6(9,10)5(8)3-4/h1-3,7,9-10H. The zero-order valence-electron chi connectivity index (χ0n) is 4.98. The number of aliphatic hydroxyl groups is 3. The molecular weight excluding hydrogens is 136 g/mol. The topological polar surface area (TPSA) is 77.8 Å². The summed E-state index contributed by atoms with van der Waals surface area (Å²) in [5.74, 6) is -3.65. The highest BCUT2D eigenvalue weighted by atomic mass is 16.5. The van der Waals surface area contributed by atoms with Crippen LogP contribution in [0.2, 0.25) is 0 Å². The van der Waals surface area contributed by atoms with Crippen LogP contribution in [0.4, 0.5) is 0 Å². The Bertz CT molecular complexity index is 224. The molecule has 0 radical (unpaired) electrons. The Labute approximate surface area is 56.7 Å². The second-order valence-corrected chi connectivity index (χ2v) is 1.99. The fourth-order valence-corrected chi connectivity index (χ4v) is 0.572. The van der Waals surface area contributed by atoms with E-state index in [-0.39, 0.29) is 5.76 Å². The quantitative estimate of drug-likeness (QED) is 0.389. The molecule has 0 fully saturated rings. The van der Waals surface area contributed by atoms with Crippen molar-refractivity contribution < 1.29 is 20.1 Å². The van der Waals surface area contributed by atoms with Gasteiger partial charge in [-0.15, -0.1) is 0 Å². The Morgan fingerprint density at radius 1 is 1.40 bits per heavy atom. The van der Waals surface area contributed by atoms with Crippen LogP contribution in [-0.4, -0.2) is 26.9 Å². The molecular formula is C6H6O4. The average Bonchev–Trinajstić information content (AvgIpc) is 1.81. The van der Waals surface area contributed by atoms with Crippen LogP contribution < -0.4 is 0 Å². The van der Waals surface area contributed by atoms with Gasteiger partial charge in [-0.05, 0) is 12.2 Å². The lowest BCUT2D eigenvalue weighted by molar-refractivity contribution is -0.160. The molecule has 0 bridgehead atoms. The number of hydrogen-bond acceptors (Lipinski definition) is 4. The van der Waals surface area contributed by atoms with E-state index in [2.05, 4.69) is 0 Å². The minimum Gasteiger partial charge on any atom is -0.508 e. The molecule has 0 saturated carbocycles. The summed E-state index contributed by atoms with van der Waals surface area (Å²) in [7, 11) is 0. The van der Waals surface area contributed by atoms with Gasteiger partial charge in [0.15, 0.2) is 0 Å². The van der Waals surface area contributed by atoms with Crippen LogP contribution in [0.3, 0.4) is 0 Å². The zero-order chi connectivity index (χ0) is 7.78. The van der Waals surface area contributed by atoms with E-state index >= 15 is 0 Å². The van der Waals surface area contributed by atoms with E-state index in [9.17, 15) is 4.79 Å². The second-order valence-electron chi connectivity index (χ2n) is 1.99. The number of hydrogen-bond donors (Lipinski definition) is 3. The van der Waals surface area contributed by atoms with Gasteiger partial charge in [0.05, 0.1) is 0 Å². The first-order chi connectivity index (χ1) is 4.52. The highest BCUT2D eigenvalue weighted by Crippen LogP contribution is 2.12. The molecule has 0 aromatic heterocycles. The normalized spacial score (nSPS) is 22.6. The van der Waals surface area contributed by atoms with Gasteiger partial charge in [0.25, 0.3) is 0 Å². The third kappa shape index (κ3) is 1.07. The molecule has 1 aliphatic rings. The van der Waals surface area contributed by atoms with Crippen LogP contribution in [0.1, 0.15) is 0 Å². The van der Waals surface area contributed by atoms with Gasteiger partial charge in [-0.25, -0.2) is 0 Å². The summed E-state index contributed by atoms with van der Waals surface area (Å²) in [6.07, 6.45) is 2.60. The maximum absolute atomic E-state index is 10.5. The summed E-state index contributed by atoms with van der Waals surface area (Å²) in [5.41, 5.74) is 0. The third-order valence-electron chi connectivity index (χ3n) is 1.13. The van der Waals surface area contributed by atoms with E-state index in [1.165, 1.54) is 0 Å². The Balaban J connectivity index is 2.96. The summed E-state index contributed by atoms with van der Waals surface area (Å²) in [4.78, 5) is 10.5. The minimum atomic E-state index is -2.44. The molecule has 0 unspecified atom stereocenters. The average molecular weight is 142 g/mol. The third-order valence-corrected chi connectivity index (χ3v) is 1.13. The van der Waals surface area contributed by atoms with Crippen LogP contribution in [0, 0.1) is 0 Å². The highest BCUT2D eigenvalue weighted by molar-refractivity contribution is 5.98. The lowest BCUT2D eigenvalue weighted by Crippen LogP contribution is -2.36. The van der Waals surface area contributed by atoms with E-state index in [1.54, 1.807) is 0 Å². The maximum atomic E-state index is 10.5. The molecule has 0 spiro atoms.